The molecule has 0 bridgehead atoms. The molecule has 0 aliphatic heterocycles. The molecule has 1 N–H and O–H groups in total. The molecule has 4 nitrogen and oxygen atoms in total. The minimum atomic E-state index is -0.303. The standard InChI is InChI=1S/C13H15Br2NO3S/c1-3-19-12(18)7-20-6-11(17)16-13-9(14)4-8(2)5-10(13)15/h4-5H,3,6-7H2,1-2H3,(H,16,17). The summed E-state index contributed by atoms with van der Waals surface area (Å²) in [5.41, 5.74) is 1.77. The molecular formula is C13H15Br2NO3S. The van der Waals surface area contributed by atoms with Gasteiger partial charge < -0.3 is 10.1 Å². The van der Waals surface area contributed by atoms with E-state index in [1.165, 1.54) is 11.8 Å². The summed E-state index contributed by atoms with van der Waals surface area (Å²) < 4.78 is 6.41. The molecule has 0 aromatic heterocycles. The van der Waals surface area contributed by atoms with Crippen LogP contribution in [0.25, 0.3) is 0 Å². The predicted octanol–water partition coefficient (Wildman–Crippen LogP) is 3.75. The highest BCUT2D eigenvalue weighted by atomic mass is 79.9. The monoisotopic (exact) mass is 423 g/mol. The van der Waals surface area contributed by atoms with Crippen molar-refractivity contribution in [3.8, 4) is 0 Å². The van der Waals surface area contributed by atoms with E-state index in [0.29, 0.717) is 12.3 Å². The van der Waals surface area contributed by atoms with Crippen LogP contribution in [0.3, 0.4) is 0 Å². The first-order valence-corrected chi connectivity index (χ1v) is 8.67. The average Bonchev–Trinajstić information content (AvgIpc) is 2.34. The van der Waals surface area contributed by atoms with Gasteiger partial charge in [0, 0.05) is 8.95 Å². The maximum Gasteiger partial charge on any atom is 0.315 e. The van der Waals surface area contributed by atoms with Crippen LogP contribution in [0.4, 0.5) is 5.69 Å². The number of carbonyl (C=O) groups excluding carboxylic acids is 2. The van der Waals surface area contributed by atoms with Crippen molar-refractivity contribution in [2.24, 2.45) is 0 Å². The number of ether oxygens (including phenoxy) is 1. The number of carbonyl (C=O) groups is 2. The highest BCUT2D eigenvalue weighted by Crippen LogP contribution is 2.32. The number of amides is 1. The minimum absolute atomic E-state index is 0.162. The molecule has 1 rings (SSSR count). The Morgan fingerprint density at radius 2 is 1.85 bits per heavy atom. The van der Waals surface area contributed by atoms with Crippen molar-refractivity contribution in [1.29, 1.82) is 0 Å². The van der Waals surface area contributed by atoms with Crippen LogP contribution in [0.15, 0.2) is 21.1 Å². The Balaban J connectivity index is 2.49. The molecule has 0 aliphatic carbocycles. The number of hydrogen-bond acceptors (Lipinski definition) is 4. The second-order valence-electron chi connectivity index (χ2n) is 3.95. The van der Waals surface area contributed by atoms with Crippen molar-refractivity contribution in [3.63, 3.8) is 0 Å². The summed E-state index contributed by atoms with van der Waals surface area (Å²) in [4.78, 5) is 23.0. The van der Waals surface area contributed by atoms with Gasteiger partial charge in [-0.25, -0.2) is 0 Å². The summed E-state index contributed by atoms with van der Waals surface area (Å²) in [7, 11) is 0. The van der Waals surface area contributed by atoms with E-state index in [-0.39, 0.29) is 23.4 Å². The van der Waals surface area contributed by atoms with Gasteiger partial charge in [-0.1, -0.05) is 0 Å². The first-order chi connectivity index (χ1) is 9.43. The lowest BCUT2D eigenvalue weighted by Gasteiger charge is -2.10. The van der Waals surface area contributed by atoms with Crippen molar-refractivity contribution in [1.82, 2.24) is 0 Å². The van der Waals surface area contributed by atoms with Crippen molar-refractivity contribution >= 4 is 61.2 Å². The molecule has 0 aliphatic rings. The highest BCUT2D eigenvalue weighted by molar-refractivity contribution is 9.11. The van der Waals surface area contributed by atoms with Crippen molar-refractivity contribution in [2.75, 3.05) is 23.4 Å². The molecule has 0 unspecified atom stereocenters. The second kappa shape index (κ2) is 8.69. The normalized spacial score (nSPS) is 10.2. The Bertz CT molecular complexity index is 485. The zero-order chi connectivity index (χ0) is 15.1. The van der Waals surface area contributed by atoms with Crippen LogP contribution in [0.1, 0.15) is 12.5 Å². The van der Waals surface area contributed by atoms with E-state index < -0.39 is 0 Å². The number of thioether (sulfide) groups is 1. The number of nitrogens with one attached hydrogen (secondary N) is 1. The third-order valence-corrected chi connectivity index (χ3v) is 4.37. The lowest BCUT2D eigenvalue weighted by atomic mass is 10.2. The van der Waals surface area contributed by atoms with Crippen LogP contribution in [-0.4, -0.2) is 30.0 Å². The van der Waals surface area contributed by atoms with Gasteiger partial charge in [-0.2, -0.15) is 0 Å². The third-order valence-electron chi connectivity index (χ3n) is 2.21. The van der Waals surface area contributed by atoms with Crippen molar-refractivity contribution in [2.45, 2.75) is 13.8 Å². The fraction of sp³-hybridized carbons (Fsp3) is 0.385. The Morgan fingerprint density at radius 3 is 2.40 bits per heavy atom. The largest absolute Gasteiger partial charge is 0.465 e. The average molecular weight is 425 g/mol. The Labute approximate surface area is 139 Å². The summed E-state index contributed by atoms with van der Waals surface area (Å²) in [6, 6.07) is 3.85. The smallest absolute Gasteiger partial charge is 0.315 e. The minimum Gasteiger partial charge on any atom is -0.465 e. The van der Waals surface area contributed by atoms with Crippen LogP contribution in [0.5, 0.6) is 0 Å². The third kappa shape index (κ3) is 5.85. The van der Waals surface area contributed by atoms with Crippen LogP contribution in [0, 0.1) is 6.92 Å². The van der Waals surface area contributed by atoms with E-state index in [1.54, 1.807) is 6.92 Å². The second-order valence-corrected chi connectivity index (χ2v) is 6.64. The van der Waals surface area contributed by atoms with Gasteiger partial charge in [-0.15, -0.1) is 11.8 Å². The molecular weight excluding hydrogens is 410 g/mol. The molecule has 7 heteroatoms. The van der Waals surface area contributed by atoms with Crippen molar-refractivity contribution in [3.05, 3.63) is 26.6 Å². The molecule has 0 spiro atoms. The number of halogens is 2. The molecule has 20 heavy (non-hydrogen) atoms. The molecule has 0 saturated heterocycles. The quantitative estimate of drug-likeness (QED) is 0.706. The fourth-order valence-electron chi connectivity index (χ4n) is 1.42. The van der Waals surface area contributed by atoms with Gasteiger partial charge in [-0.3, -0.25) is 9.59 Å². The summed E-state index contributed by atoms with van der Waals surface area (Å²) >= 11 is 8.05. The molecule has 0 fully saturated rings. The summed E-state index contributed by atoms with van der Waals surface area (Å²) in [6.45, 7) is 4.08. The van der Waals surface area contributed by atoms with Crippen LogP contribution in [-0.2, 0) is 14.3 Å². The number of benzene rings is 1. The summed E-state index contributed by atoms with van der Waals surface area (Å²) in [5, 5.41) is 2.81. The lowest BCUT2D eigenvalue weighted by Crippen LogP contribution is -2.17. The highest BCUT2D eigenvalue weighted by Gasteiger charge is 2.11. The predicted molar refractivity (Wildman–Crippen MR) is 89.2 cm³/mol. The van der Waals surface area contributed by atoms with E-state index in [4.69, 9.17) is 4.74 Å². The number of rotatable bonds is 6. The van der Waals surface area contributed by atoms with Gasteiger partial charge in [-0.05, 0) is 63.4 Å². The van der Waals surface area contributed by atoms with E-state index in [1.807, 2.05) is 19.1 Å². The molecule has 1 aromatic rings. The van der Waals surface area contributed by atoms with Gasteiger partial charge in [0.1, 0.15) is 0 Å². The van der Waals surface area contributed by atoms with Gasteiger partial charge in [0.15, 0.2) is 0 Å². The van der Waals surface area contributed by atoms with E-state index in [2.05, 4.69) is 37.2 Å². The maximum absolute atomic E-state index is 11.8. The van der Waals surface area contributed by atoms with Gasteiger partial charge >= 0.3 is 5.97 Å². The Kier molecular flexibility index (Phi) is 7.61. The first-order valence-electron chi connectivity index (χ1n) is 5.93. The number of aryl methyl sites for hydroxylation is 1. The Morgan fingerprint density at radius 1 is 1.25 bits per heavy atom. The zero-order valence-corrected chi connectivity index (χ0v) is 15.2. The topological polar surface area (TPSA) is 55.4 Å². The SMILES string of the molecule is CCOC(=O)CSCC(=O)Nc1c(Br)cc(C)cc1Br. The molecule has 0 radical (unpaired) electrons. The molecule has 110 valence electrons. The first kappa shape index (κ1) is 17.5. The molecule has 1 aromatic carbocycles. The molecule has 0 heterocycles. The van der Waals surface area contributed by atoms with Crippen LogP contribution < -0.4 is 5.32 Å². The zero-order valence-electron chi connectivity index (χ0n) is 11.2. The number of anilines is 1. The Hall–Kier alpha value is -0.530. The van der Waals surface area contributed by atoms with Gasteiger partial charge in [0.2, 0.25) is 5.91 Å². The number of hydrogen-bond donors (Lipinski definition) is 1. The van der Waals surface area contributed by atoms with E-state index >= 15 is 0 Å². The van der Waals surface area contributed by atoms with Gasteiger partial charge in [0.25, 0.3) is 0 Å². The van der Waals surface area contributed by atoms with Gasteiger partial charge in [0.05, 0.1) is 23.8 Å². The van der Waals surface area contributed by atoms with Crippen LogP contribution in [0.2, 0.25) is 0 Å². The fourth-order valence-corrected chi connectivity index (χ4v) is 3.65. The van der Waals surface area contributed by atoms with Crippen LogP contribution >= 0.6 is 43.6 Å². The molecule has 0 saturated carbocycles. The summed E-state index contributed by atoms with van der Waals surface area (Å²) in [6.07, 6.45) is 0. The van der Waals surface area contributed by atoms with E-state index in [0.717, 1.165) is 14.5 Å². The molecule has 0 atom stereocenters. The van der Waals surface area contributed by atoms with Crippen molar-refractivity contribution < 1.29 is 14.3 Å². The summed E-state index contributed by atoms with van der Waals surface area (Å²) in [5.74, 6) is -0.0872. The lowest BCUT2D eigenvalue weighted by molar-refractivity contribution is -0.139. The number of esters is 1. The van der Waals surface area contributed by atoms with E-state index in [9.17, 15) is 9.59 Å². The maximum atomic E-state index is 11.8. The molecule has 1 amide bonds.